The molecule has 0 amide bonds. The average Bonchev–Trinajstić information content (AvgIpc) is 2.53. The molecule has 4 nitrogen and oxygen atoms in total. The Bertz CT molecular complexity index is 768. The van der Waals surface area contributed by atoms with Crippen molar-refractivity contribution in [3.8, 4) is 6.07 Å². The highest BCUT2D eigenvalue weighted by Gasteiger charge is 2.36. The van der Waals surface area contributed by atoms with Crippen molar-refractivity contribution in [1.82, 2.24) is 5.32 Å². The van der Waals surface area contributed by atoms with Crippen molar-refractivity contribution in [2.75, 3.05) is 0 Å². The Kier molecular flexibility index (Phi) is 5.92. The monoisotopic (exact) mass is 358 g/mol. The molecule has 1 aliphatic rings. The summed E-state index contributed by atoms with van der Waals surface area (Å²) >= 11 is 5.98. The van der Waals surface area contributed by atoms with Gasteiger partial charge >= 0.3 is 5.97 Å². The van der Waals surface area contributed by atoms with Gasteiger partial charge in [-0.05, 0) is 36.0 Å². The van der Waals surface area contributed by atoms with E-state index < -0.39 is 11.9 Å². The van der Waals surface area contributed by atoms with Gasteiger partial charge in [-0.15, -0.1) is 0 Å². The second-order valence-corrected chi connectivity index (χ2v) is 7.44. The third-order valence-electron chi connectivity index (χ3n) is 4.22. The number of aliphatic carboxylic acids is 1. The van der Waals surface area contributed by atoms with Crippen LogP contribution in [-0.4, -0.2) is 11.1 Å². The van der Waals surface area contributed by atoms with Crippen molar-refractivity contribution < 1.29 is 9.90 Å². The van der Waals surface area contributed by atoms with E-state index in [-0.39, 0.29) is 11.5 Å². The number of carboxylic acid groups (broad SMARTS) is 1. The summed E-state index contributed by atoms with van der Waals surface area (Å²) in [6.07, 6.45) is 0.691. The van der Waals surface area contributed by atoms with Gasteiger partial charge in [0, 0.05) is 16.4 Å². The Labute approximate surface area is 153 Å². The van der Waals surface area contributed by atoms with E-state index in [4.69, 9.17) is 11.6 Å². The average molecular weight is 359 g/mol. The maximum absolute atomic E-state index is 12.1. The fourth-order valence-electron chi connectivity index (χ4n) is 3.16. The summed E-state index contributed by atoms with van der Waals surface area (Å²) < 4.78 is 0. The van der Waals surface area contributed by atoms with E-state index in [0.717, 1.165) is 11.3 Å². The number of halogens is 1. The quantitative estimate of drug-likeness (QED) is 0.789. The molecule has 0 fully saturated rings. The summed E-state index contributed by atoms with van der Waals surface area (Å²) in [5, 5.41) is 23.5. The molecule has 25 heavy (non-hydrogen) atoms. The number of hydrogen-bond acceptors (Lipinski definition) is 3. The van der Waals surface area contributed by atoms with Crippen LogP contribution < -0.4 is 5.32 Å². The molecule has 132 valence electrons. The molecule has 1 atom stereocenters. The second kappa shape index (κ2) is 7.76. The van der Waals surface area contributed by atoms with Gasteiger partial charge in [0.05, 0.1) is 23.1 Å². The van der Waals surface area contributed by atoms with Gasteiger partial charge in [0.15, 0.2) is 0 Å². The smallest absolute Gasteiger partial charge is 0.334 e. The molecule has 1 aromatic carbocycles. The van der Waals surface area contributed by atoms with Crippen LogP contribution in [0.3, 0.4) is 0 Å². The molecule has 1 aromatic rings. The first kappa shape index (κ1) is 19.1. The normalized spacial score (nSPS) is 17.8. The lowest BCUT2D eigenvalue weighted by Crippen LogP contribution is -2.32. The lowest BCUT2D eigenvalue weighted by molar-refractivity contribution is -0.133. The molecule has 0 aromatic heterocycles. The number of hydrogen-bond donors (Lipinski definition) is 2. The van der Waals surface area contributed by atoms with Gasteiger partial charge in [-0.3, -0.25) is 0 Å². The number of nitrogens with zero attached hydrogens (tertiary/aromatic N) is 1. The minimum absolute atomic E-state index is 0.00306. The van der Waals surface area contributed by atoms with Crippen LogP contribution in [0, 0.1) is 23.2 Å². The highest BCUT2D eigenvalue weighted by molar-refractivity contribution is 6.30. The number of dihydropyridines is 1. The van der Waals surface area contributed by atoms with Crippen LogP contribution in [0.2, 0.25) is 5.02 Å². The first-order valence-corrected chi connectivity index (χ1v) is 8.77. The number of benzene rings is 1. The Morgan fingerprint density at radius 3 is 2.32 bits per heavy atom. The van der Waals surface area contributed by atoms with Crippen molar-refractivity contribution in [3.05, 3.63) is 57.4 Å². The van der Waals surface area contributed by atoms with E-state index >= 15 is 0 Å². The first-order valence-electron chi connectivity index (χ1n) is 8.39. The van der Waals surface area contributed by atoms with Crippen LogP contribution in [0.15, 0.2) is 46.8 Å². The van der Waals surface area contributed by atoms with Gasteiger partial charge in [-0.1, -0.05) is 51.4 Å². The summed E-state index contributed by atoms with van der Waals surface area (Å²) in [5.41, 5.74) is 2.95. The van der Waals surface area contributed by atoms with Gasteiger partial charge in [-0.2, -0.15) is 5.26 Å². The van der Waals surface area contributed by atoms with E-state index in [0.29, 0.717) is 28.6 Å². The molecule has 0 saturated heterocycles. The second-order valence-electron chi connectivity index (χ2n) is 7.00. The molecule has 2 rings (SSSR count). The van der Waals surface area contributed by atoms with Gasteiger partial charge in [-0.25, -0.2) is 4.79 Å². The van der Waals surface area contributed by atoms with Crippen molar-refractivity contribution in [2.45, 2.75) is 40.0 Å². The van der Waals surface area contributed by atoms with E-state index in [1.54, 1.807) is 24.3 Å². The zero-order valence-electron chi connectivity index (χ0n) is 14.9. The zero-order valence-corrected chi connectivity index (χ0v) is 15.7. The van der Waals surface area contributed by atoms with Gasteiger partial charge in [0.1, 0.15) is 0 Å². The molecular formula is C20H23ClN2O2. The van der Waals surface area contributed by atoms with Gasteiger partial charge in [0.25, 0.3) is 0 Å². The molecule has 0 spiro atoms. The number of carboxylic acids is 1. The predicted octanol–water partition coefficient (Wildman–Crippen LogP) is 4.85. The van der Waals surface area contributed by atoms with Crippen molar-refractivity contribution >= 4 is 17.6 Å². The maximum atomic E-state index is 12.1. The summed E-state index contributed by atoms with van der Waals surface area (Å²) in [6, 6.07) is 9.30. The van der Waals surface area contributed by atoms with E-state index in [9.17, 15) is 15.2 Å². The van der Waals surface area contributed by atoms with Crippen molar-refractivity contribution in [1.29, 1.82) is 5.26 Å². The summed E-state index contributed by atoms with van der Waals surface area (Å²) in [4.78, 5) is 12.1. The molecule has 5 heteroatoms. The summed E-state index contributed by atoms with van der Waals surface area (Å²) in [7, 11) is 0. The largest absolute Gasteiger partial charge is 0.478 e. The molecule has 0 aliphatic carbocycles. The molecule has 2 N–H and O–H groups in total. The number of nitriles is 1. The minimum atomic E-state index is -1.01. The fourth-order valence-corrected chi connectivity index (χ4v) is 3.28. The van der Waals surface area contributed by atoms with E-state index in [1.807, 2.05) is 13.8 Å². The molecule has 1 aliphatic heterocycles. The Balaban J connectivity index is 2.72. The van der Waals surface area contributed by atoms with Crippen LogP contribution in [0.4, 0.5) is 0 Å². The minimum Gasteiger partial charge on any atom is -0.478 e. The third kappa shape index (κ3) is 4.05. The standard InChI is InChI=1S/C20H23ClN2O2/c1-11(2)9-16-15(10-22)17(13-5-7-14(21)8-6-13)18(20(24)25)19(23-16)12(3)4/h5-8,11-12,17,23H,9H2,1-4H3,(H,24,25). The Morgan fingerprint density at radius 2 is 1.88 bits per heavy atom. The van der Waals surface area contributed by atoms with Gasteiger partial charge in [0.2, 0.25) is 0 Å². The lowest BCUT2D eigenvalue weighted by Gasteiger charge is -2.32. The van der Waals surface area contributed by atoms with Crippen LogP contribution in [0.1, 0.15) is 45.6 Å². The van der Waals surface area contributed by atoms with Crippen LogP contribution in [0.25, 0.3) is 0 Å². The third-order valence-corrected chi connectivity index (χ3v) is 4.47. The topological polar surface area (TPSA) is 73.1 Å². The van der Waals surface area contributed by atoms with Crippen molar-refractivity contribution in [2.24, 2.45) is 11.8 Å². The SMILES string of the molecule is CC(C)CC1=C(C#N)C(c2ccc(Cl)cc2)C(C(=O)O)=C(C(C)C)N1. The summed E-state index contributed by atoms with van der Waals surface area (Å²) in [5.74, 6) is -1.25. The molecule has 0 bridgehead atoms. The van der Waals surface area contributed by atoms with Gasteiger partial charge < -0.3 is 10.4 Å². The summed E-state index contributed by atoms with van der Waals surface area (Å²) in [6.45, 7) is 8.06. The molecule has 0 radical (unpaired) electrons. The van der Waals surface area contributed by atoms with Crippen LogP contribution in [0.5, 0.6) is 0 Å². The number of rotatable bonds is 5. The Hall–Kier alpha value is -2.25. The maximum Gasteiger partial charge on any atom is 0.334 e. The highest BCUT2D eigenvalue weighted by atomic mass is 35.5. The number of nitrogens with one attached hydrogen (secondary N) is 1. The zero-order chi connectivity index (χ0) is 18.7. The highest BCUT2D eigenvalue weighted by Crippen LogP contribution is 2.41. The van der Waals surface area contributed by atoms with Crippen LogP contribution in [-0.2, 0) is 4.79 Å². The molecule has 0 saturated carbocycles. The van der Waals surface area contributed by atoms with Crippen LogP contribution >= 0.6 is 11.6 Å². The molecular weight excluding hydrogens is 336 g/mol. The first-order chi connectivity index (χ1) is 11.8. The predicted molar refractivity (Wildman–Crippen MR) is 98.9 cm³/mol. The van der Waals surface area contributed by atoms with E-state index in [1.165, 1.54) is 0 Å². The molecule has 1 unspecified atom stereocenters. The Morgan fingerprint density at radius 1 is 1.28 bits per heavy atom. The number of allylic oxidation sites excluding steroid dienone is 3. The van der Waals surface area contributed by atoms with E-state index in [2.05, 4.69) is 25.2 Å². The molecule has 1 heterocycles. The van der Waals surface area contributed by atoms with Crippen molar-refractivity contribution in [3.63, 3.8) is 0 Å². The number of carbonyl (C=O) groups is 1. The lowest BCUT2D eigenvalue weighted by atomic mass is 9.78. The fraction of sp³-hybridized carbons (Fsp3) is 0.400.